The minimum Gasteiger partial charge on any atom is -0.548 e. The van der Waals surface area contributed by atoms with Crippen LogP contribution in [-0.2, 0) is 20.4 Å². The molecule has 2 aromatic rings. The molecule has 0 aliphatic carbocycles. The molecule has 1 aliphatic rings. The molecule has 1 unspecified atom stereocenters. The molecule has 2 radical (unpaired) electrons. The number of carboxylic acid groups (broad SMARTS) is 1. The number of nitrogen functional groups attached to an aromatic ring is 1. The normalized spacial score (nSPS) is 26.7. The van der Waals surface area contributed by atoms with E-state index in [1.54, 1.807) is 0 Å². The van der Waals surface area contributed by atoms with Gasteiger partial charge in [0.1, 0.15) is 41.7 Å². The van der Waals surface area contributed by atoms with Crippen LogP contribution in [0.5, 0.6) is 0 Å². The maximum atomic E-state index is 10.7. The summed E-state index contributed by atoms with van der Waals surface area (Å²) in [6.07, 6.45) is 1.17. The summed E-state index contributed by atoms with van der Waals surface area (Å²) in [5.41, 5.74) is 12.0. The van der Waals surface area contributed by atoms with Gasteiger partial charge >= 0.3 is 27.3 Å². The number of anilines is 1. The van der Waals surface area contributed by atoms with Gasteiger partial charge in [0.25, 0.3) is 0 Å². The van der Waals surface area contributed by atoms with Gasteiger partial charge in [-0.05, 0) is 10.9 Å². The Kier molecular flexibility index (Phi) is 7.98. The standard InChI is InChI=1S/C15H22N6O5S.Pb/c1-27(3-2-7(16)15(24)25)4-8-10(22)11(23)14(26-8)21-6-20-9-12(17)18-5-19-13(9)21;/h5-8,10-11,14,22-23H,2-4,16H2,1H3,(H2-,17,18,19,24,25);/q;+2/t7-,8+,10+,11+,14+,27?;/m0./s1. The predicted molar refractivity (Wildman–Crippen MR) is 102 cm³/mol. The largest absolute Gasteiger partial charge is 2.00 e. The van der Waals surface area contributed by atoms with Crippen LogP contribution in [0.1, 0.15) is 12.6 Å². The zero-order valence-corrected chi connectivity index (χ0v) is 19.8. The van der Waals surface area contributed by atoms with Gasteiger partial charge in [-0.1, -0.05) is 0 Å². The number of aliphatic hydroxyl groups excluding tert-OH is 2. The monoisotopic (exact) mass is 606 g/mol. The Morgan fingerprint density at radius 2 is 2.11 bits per heavy atom. The van der Waals surface area contributed by atoms with E-state index in [1.807, 2.05) is 6.26 Å². The second kappa shape index (κ2) is 9.62. The van der Waals surface area contributed by atoms with Gasteiger partial charge in [-0.25, -0.2) is 15.0 Å². The molecule has 0 saturated carbocycles. The van der Waals surface area contributed by atoms with E-state index >= 15 is 0 Å². The Bertz CT molecular complexity index is 825. The third kappa shape index (κ3) is 4.73. The molecular weight excluding hydrogens is 583 g/mol. The van der Waals surface area contributed by atoms with E-state index in [2.05, 4.69) is 15.0 Å². The second-order valence-electron chi connectivity index (χ2n) is 6.50. The average molecular weight is 606 g/mol. The van der Waals surface area contributed by atoms with Gasteiger partial charge in [-0.2, -0.15) is 0 Å². The van der Waals surface area contributed by atoms with Crippen LogP contribution in [0.15, 0.2) is 12.7 Å². The summed E-state index contributed by atoms with van der Waals surface area (Å²) < 4.78 is 7.39. The molecule has 1 aliphatic heterocycles. The predicted octanol–water partition coefficient (Wildman–Crippen LogP) is -3.64. The molecule has 28 heavy (non-hydrogen) atoms. The molecule has 0 spiro atoms. The van der Waals surface area contributed by atoms with E-state index in [0.29, 0.717) is 22.7 Å². The van der Waals surface area contributed by atoms with E-state index in [9.17, 15) is 20.1 Å². The third-order valence-corrected chi connectivity index (χ3v) is 6.36. The molecule has 0 aromatic carbocycles. The number of nitrogens with zero attached hydrogens (tertiary/aromatic N) is 4. The van der Waals surface area contributed by atoms with Gasteiger partial charge < -0.3 is 36.3 Å². The van der Waals surface area contributed by atoms with Crippen LogP contribution >= 0.6 is 0 Å². The maximum Gasteiger partial charge on any atom is 2.00 e. The van der Waals surface area contributed by atoms with Crippen molar-refractivity contribution in [2.75, 3.05) is 23.5 Å². The molecule has 0 bridgehead atoms. The summed E-state index contributed by atoms with van der Waals surface area (Å²) in [6.45, 7) is 0. The van der Waals surface area contributed by atoms with Crippen molar-refractivity contribution in [3.05, 3.63) is 12.7 Å². The molecule has 2 aromatic heterocycles. The Labute approximate surface area is 184 Å². The number of carbonyl (C=O) groups is 1. The summed E-state index contributed by atoms with van der Waals surface area (Å²) in [6, 6.07) is -1.02. The number of nitrogens with two attached hydrogens (primary N) is 2. The summed E-state index contributed by atoms with van der Waals surface area (Å²) in [4.78, 5) is 22.8. The molecule has 6 atom stereocenters. The Morgan fingerprint density at radius 1 is 1.39 bits per heavy atom. The number of aliphatic carboxylic acids is 1. The van der Waals surface area contributed by atoms with Gasteiger partial charge in [0.2, 0.25) is 0 Å². The fourth-order valence-corrected chi connectivity index (χ4v) is 4.62. The summed E-state index contributed by atoms with van der Waals surface area (Å²) in [7, 11) is -0.263. The molecule has 3 heterocycles. The first-order valence-electron chi connectivity index (χ1n) is 8.29. The van der Waals surface area contributed by atoms with Crippen LogP contribution in [0.3, 0.4) is 0 Å². The number of aliphatic hydroxyl groups is 2. The second-order valence-corrected chi connectivity index (χ2v) is 8.80. The minimum absolute atomic E-state index is 0. The molecule has 1 saturated heterocycles. The first-order chi connectivity index (χ1) is 12.8. The first-order valence-corrected chi connectivity index (χ1v) is 10.3. The Hall–Kier alpha value is -1.07. The SMILES string of the molecule is C[S+](CC[C@H](N)C(=O)[O-])C[C@H]1O[C@@H](n2cnc3c(N)ncnc32)[C@H](O)[C@@H]1O.[Pb+2]. The molecule has 6 N–H and O–H groups in total. The van der Waals surface area contributed by atoms with Crippen molar-refractivity contribution in [3.63, 3.8) is 0 Å². The molecule has 11 nitrogen and oxygen atoms in total. The first kappa shape index (κ1) is 23.2. The number of imidazole rings is 1. The molecular formula is C15H22N6O5PbS+2. The van der Waals surface area contributed by atoms with Gasteiger partial charge in [0.05, 0.1) is 18.6 Å². The van der Waals surface area contributed by atoms with Gasteiger partial charge in [-0.15, -0.1) is 0 Å². The van der Waals surface area contributed by atoms with Crippen molar-refractivity contribution in [1.29, 1.82) is 0 Å². The molecule has 1 fully saturated rings. The molecule has 0 amide bonds. The van der Waals surface area contributed by atoms with Crippen LogP contribution in [-0.4, -0.2) is 105 Å². The number of hydrogen-bond donors (Lipinski definition) is 4. The molecule has 150 valence electrons. The van der Waals surface area contributed by atoms with E-state index in [4.69, 9.17) is 16.2 Å². The molecule has 13 heteroatoms. The quantitative estimate of drug-likeness (QED) is 0.181. The molecule has 3 rings (SSSR count). The maximum absolute atomic E-state index is 10.7. The number of ether oxygens (including phenoxy) is 1. The van der Waals surface area contributed by atoms with Crippen LogP contribution in [0.25, 0.3) is 11.2 Å². The number of carboxylic acids is 1. The van der Waals surface area contributed by atoms with Crippen molar-refractivity contribution < 1.29 is 24.9 Å². The van der Waals surface area contributed by atoms with Crippen molar-refractivity contribution in [1.82, 2.24) is 19.5 Å². The number of hydrogen-bond acceptors (Lipinski definition) is 10. The topological polar surface area (TPSA) is 185 Å². The summed E-state index contributed by atoms with van der Waals surface area (Å²) >= 11 is 0. The zero-order chi connectivity index (χ0) is 19.7. The van der Waals surface area contributed by atoms with E-state index < -0.39 is 36.6 Å². The number of aromatic nitrogens is 4. The van der Waals surface area contributed by atoms with Crippen LogP contribution in [0.4, 0.5) is 5.82 Å². The van der Waals surface area contributed by atoms with Crippen molar-refractivity contribution in [2.24, 2.45) is 5.73 Å². The summed E-state index contributed by atoms with van der Waals surface area (Å²) in [5, 5.41) is 31.5. The van der Waals surface area contributed by atoms with Gasteiger partial charge in [-0.3, -0.25) is 4.57 Å². The Balaban J connectivity index is 0.00000280. The Morgan fingerprint density at radius 3 is 2.79 bits per heavy atom. The van der Waals surface area contributed by atoms with Gasteiger partial charge in [0, 0.05) is 12.5 Å². The number of carbonyl (C=O) groups excluding carboxylic acids is 1. The number of rotatable bonds is 7. The van der Waals surface area contributed by atoms with Crippen molar-refractivity contribution in [2.45, 2.75) is 37.0 Å². The van der Waals surface area contributed by atoms with Crippen molar-refractivity contribution in [3.8, 4) is 0 Å². The van der Waals surface area contributed by atoms with E-state index in [1.165, 1.54) is 17.2 Å². The fourth-order valence-electron chi connectivity index (χ4n) is 2.96. The zero-order valence-electron chi connectivity index (χ0n) is 15.1. The van der Waals surface area contributed by atoms with Crippen LogP contribution in [0, 0.1) is 0 Å². The summed E-state index contributed by atoms with van der Waals surface area (Å²) in [5.74, 6) is -0.0611. The van der Waals surface area contributed by atoms with E-state index in [0.717, 1.165) is 0 Å². The van der Waals surface area contributed by atoms with Crippen LogP contribution < -0.4 is 16.6 Å². The van der Waals surface area contributed by atoms with Crippen LogP contribution in [0.2, 0.25) is 0 Å². The minimum atomic E-state index is -1.28. The number of fused-ring (bicyclic) bond motifs is 1. The average Bonchev–Trinajstić information content (AvgIpc) is 3.17. The smallest absolute Gasteiger partial charge is 0.548 e. The third-order valence-electron chi connectivity index (χ3n) is 4.53. The van der Waals surface area contributed by atoms with Gasteiger partial charge in [0.15, 0.2) is 17.7 Å². The van der Waals surface area contributed by atoms with Crippen molar-refractivity contribution >= 4 is 61.1 Å². The van der Waals surface area contributed by atoms with E-state index in [-0.39, 0.29) is 50.4 Å². The fraction of sp³-hybridized carbons (Fsp3) is 0.600.